The van der Waals surface area contributed by atoms with Gasteiger partial charge in [-0.2, -0.15) is 0 Å². The first kappa shape index (κ1) is 11.5. The summed E-state index contributed by atoms with van der Waals surface area (Å²) in [5.41, 5.74) is 2.08. The van der Waals surface area contributed by atoms with Crippen LogP contribution in [0.2, 0.25) is 0 Å². The first-order valence-corrected chi connectivity index (χ1v) is 6.14. The molecule has 1 aliphatic heterocycles. The van der Waals surface area contributed by atoms with E-state index in [2.05, 4.69) is 28.9 Å². The zero-order valence-corrected chi connectivity index (χ0v) is 11.0. The quantitative estimate of drug-likeness (QED) is 0.835. The number of carbonyl (C=O) groups excluding carboxylic acids is 1. The number of nitrogens with zero attached hydrogens (tertiary/aromatic N) is 1. The number of fused-ring (bicyclic) bond motifs is 1. The summed E-state index contributed by atoms with van der Waals surface area (Å²) in [6, 6.07) is 4.09. The van der Waals surface area contributed by atoms with E-state index < -0.39 is 0 Å². The van der Waals surface area contributed by atoms with Crippen LogP contribution in [0, 0.1) is 0 Å². The zero-order chi connectivity index (χ0) is 11.7. The number of carbonyl (C=O) groups is 1. The fraction of sp³-hybridized carbons (Fsp3) is 0.417. The van der Waals surface area contributed by atoms with Gasteiger partial charge in [0, 0.05) is 7.05 Å². The smallest absolute Gasteiger partial charge is 0.264 e. The van der Waals surface area contributed by atoms with E-state index in [0.29, 0.717) is 0 Å². The van der Waals surface area contributed by atoms with Crippen LogP contribution in [0.4, 0.5) is 5.69 Å². The van der Waals surface area contributed by atoms with Crippen molar-refractivity contribution >= 4 is 27.5 Å². The second-order valence-corrected chi connectivity index (χ2v) is 4.77. The van der Waals surface area contributed by atoms with E-state index >= 15 is 0 Å². The summed E-state index contributed by atoms with van der Waals surface area (Å²) in [6.45, 7) is 2.26. The van der Waals surface area contributed by atoms with Crippen molar-refractivity contribution in [3.63, 3.8) is 0 Å². The average molecular weight is 284 g/mol. The van der Waals surface area contributed by atoms with Crippen molar-refractivity contribution in [3.8, 4) is 5.75 Å². The van der Waals surface area contributed by atoms with Crippen LogP contribution in [-0.4, -0.2) is 19.6 Å². The summed E-state index contributed by atoms with van der Waals surface area (Å²) in [5, 5.41) is 0. The molecule has 1 heterocycles. The third-order valence-electron chi connectivity index (χ3n) is 2.70. The van der Waals surface area contributed by atoms with Crippen molar-refractivity contribution in [3.05, 3.63) is 22.2 Å². The predicted octanol–water partition coefficient (Wildman–Crippen LogP) is 2.76. The number of amides is 1. The summed E-state index contributed by atoms with van der Waals surface area (Å²) in [7, 11) is 1.78. The van der Waals surface area contributed by atoms with Crippen LogP contribution in [0.25, 0.3) is 0 Å². The molecule has 0 saturated carbocycles. The molecular weight excluding hydrogens is 270 g/mol. The molecule has 0 spiro atoms. The fourth-order valence-electron chi connectivity index (χ4n) is 1.82. The number of hydrogen-bond acceptors (Lipinski definition) is 2. The number of benzene rings is 1. The molecule has 86 valence electrons. The van der Waals surface area contributed by atoms with Gasteiger partial charge in [0.1, 0.15) is 0 Å². The van der Waals surface area contributed by atoms with Gasteiger partial charge in [0.05, 0.1) is 10.2 Å². The van der Waals surface area contributed by atoms with Gasteiger partial charge in [-0.1, -0.05) is 13.3 Å². The summed E-state index contributed by atoms with van der Waals surface area (Å²) in [5.74, 6) is 0.759. The van der Waals surface area contributed by atoms with Crippen LogP contribution in [0.5, 0.6) is 5.75 Å². The van der Waals surface area contributed by atoms with Crippen molar-refractivity contribution in [2.45, 2.75) is 19.8 Å². The van der Waals surface area contributed by atoms with Gasteiger partial charge in [-0.3, -0.25) is 4.79 Å². The van der Waals surface area contributed by atoms with Crippen LogP contribution in [0.1, 0.15) is 18.9 Å². The Morgan fingerprint density at radius 3 is 2.94 bits per heavy atom. The molecule has 0 fully saturated rings. The van der Waals surface area contributed by atoms with E-state index in [-0.39, 0.29) is 12.5 Å². The second kappa shape index (κ2) is 4.45. The summed E-state index contributed by atoms with van der Waals surface area (Å²) < 4.78 is 6.36. The van der Waals surface area contributed by atoms with Crippen LogP contribution in [0.3, 0.4) is 0 Å². The molecule has 0 aliphatic carbocycles. The van der Waals surface area contributed by atoms with Crippen LogP contribution in [-0.2, 0) is 11.2 Å². The maximum Gasteiger partial charge on any atom is 0.264 e. The van der Waals surface area contributed by atoms with E-state index in [1.807, 2.05) is 6.07 Å². The topological polar surface area (TPSA) is 29.5 Å². The number of anilines is 1. The maximum atomic E-state index is 11.5. The SMILES string of the molecule is CCCc1cc(Br)c2c(c1)N(C)C(=O)CO2. The Morgan fingerprint density at radius 2 is 2.25 bits per heavy atom. The molecule has 0 unspecified atom stereocenters. The Morgan fingerprint density at radius 1 is 1.50 bits per heavy atom. The number of rotatable bonds is 2. The molecule has 0 bridgehead atoms. The third kappa shape index (κ3) is 1.94. The molecule has 2 rings (SSSR count). The monoisotopic (exact) mass is 283 g/mol. The normalized spacial score (nSPS) is 14.7. The van der Waals surface area contributed by atoms with Crippen molar-refractivity contribution in [1.29, 1.82) is 0 Å². The van der Waals surface area contributed by atoms with Crippen molar-refractivity contribution in [2.75, 3.05) is 18.6 Å². The van der Waals surface area contributed by atoms with Gasteiger partial charge in [-0.05, 0) is 40.0 Å². The van der Waals surface area contributed by atoms with Gasteiger partial charge < -0.3 is 9.64 Å². The highest BCUT2D eigenvalue weighted by molar-refractivity contribution is 9.10. The molecule has 1 amide bonds. The predicted molar refractivity (Wildman–Crippen MR) is 67.0 cm³/mol. The lowest BCUT2D eigenvalue weighted by molar-refractivity contribution is -0.121. The Balaban J connectivity index is 2.47. The van der Waals surface area contributed by atoms with Crippen molar-refractivity contribution in [2.24, 2.45) is 0 Å². The van der Waals surface area contributed by atoms with Gasteiger partial charge in [0.25, 0.3) is 5.91 Å². The summed E-state index contributed by atoms with van der Waals surface area (Å²) in [4.78, 5) is 13.2. The second-order valence-electron chi connectivity index (χ2n) is 3.92. The highest BCUT2D eigenvalue weighted by Crippen LogP contribution is 2.39. The molecule has 0 aromatic heterocycles. The largest absolute Gasteiger partial charge is 0.480 e. The summed E-state index contributed by atoms with van der Waals surface area (Å²) >= 11 is 3.49. The van der Waals surface area contributed by atoms with E-state index in [1.165, 1.54) is 5.56 Å². The van der Waals surface area contributed by atoms with Crippen LogP contribution >= 0.6 is 15.9 Å². The standard InChI is InChI=1S/C12H14BrNO2/c1-3-4-8-5-9(13)12-10(6-8)14(2)11(15)7-16-12/h5-6H,3-4,7H2,1-2H3. The lowest BCUT2D eigenvalue weighted by atomic mass is 10.1. The van der Waals surface area contributed by atoms with Gasteiger partial charge in [0.2, 0.25) is 0 Å². The third-order valence-corrected chi connectivity index (χ3v) is 3.29. The Bertz CT molecular complexity index is 431. The molecule has 3 nitrogen and oxygen atoms in total. The molecule has 0 saturated heterocycles. The molecule has 4 heteroatoms. The molecule has 1 aromatic rings. The van der Waals surface area contributed by atoms with Gasteiger partial charge in [-0.15, -0.1) is 0 Å². The lowest BCUT2D eigenvalue weighted by Gasteiger charge is -2.27. The van der Waals surface area contributed by atoms with E-state index in [4.69, 9.17) is 4.74 Å². The maximum absolute atomic E-state index is 11.5. The van der Waals surface area contributed by atoms with E-state index in [9.17, 15) is 4.79 Å². The number of likely N-dealkylation sites (N-methyl/N-ethyl adjacent to an activating group) is 1. The minimum atomic E-state index is -0.00644. The molecule has 1 aliphatic rings. The molecule has 0 atom stereocenters. The zero-order valence-electron chi connectivity index (χ0n) is 9.42. The van der Waals surface area contributed by atoms with Crippen LogP contribution < -0.4 is 9.64 Å². The van der Waals surface area contributed by atoms with Crippen molar-refractivity contribution in [1.82, 2.24) is 0 Å². The summed E-state index contributed by atoms with van der Waals surface area (Å²) in [6.07, 6.45) is 2.09. The van der Waals surface area contributed by atoms with Gasteiger partial charge >= 0.3 is 0 Å². The molecule has 0 N–H and O–H groups in total. The number of ether oxygens (including phenoxy) is 1. The van der Waals surface area contributed by atoms with Gasteiger partial charge in [-0.25, -0.2) is 0 Å². The number of aryl methyl sites for hydroxylation is 1. The highest BCUT2D eigenvalue weighted by Gasteiger charge is 2.24. The first-order valence-electron chi connectivity index (χ1n) is 5.35. The molecule has 0 radical (unpaired) electrons. The Kier molecular flexibility index (Phi) is 3.19. The minimum absolute atomic E-state index is 0.00644. The minimum Gasteiger partial charge on any atom is -0.480 e. The van der Waals surface area contributed by atoms with Crippen LogP contribution in [0.15, 0.2) is 16.6 Å². The molecular formula is C12H14BrNO2. The molecule has 16 heavy (non-hydrogen) atoms. The van der Waals surface area contributed by atoms with Gasteiger partial charge in [0.15, 0.2) is 12.4 Å². The van der Waals surface area contributed by atoms with E-state index in [0.717, 1.165) is 28.8 Å². The Hall–Kier alpha value is -1.03. The fourth-order valence-corrected chi connectivity index (χ4v) is 2.44. The van der Waals surface area contributed by atoms with Crippen molar-refractivity contribution < 1.29 is 9.53 Å². The molecule has 1 aromatic carbocycles. The number of hydrogen-bond donors (Lipinski definition) is 0. The number of halogens is 1. The Labute approximate surface area is 104 Å². The average Bonchev–Trinajstić information content (AvgIpc) is 2.25. The highest BCUT2D eigenvalue weighted by atomic mass is 79.9. The lowest BCUT2D eigenvalue weighted by Crippen LogP contribution is -2.35. The van der Waals surface area contributed by atoms with E-state index in [1.54, 1.807) is 11.9 Å². The first-order chi connectivity index (χ1) is 7.63.